The number of sulfonamides is 1. The number of hydrogen-bond donors (Lipinski definition) is 1. The van der Waals surface area contributed by atoms with Gasteiger partial charge in [0.2, 0.25) is 15.9 Å². The summed E-state index contributed by atoms with van der Waals surface area (Å²) in [6, 6.07) is 17.1. The van der Waals surface area contributed by atoms with E-state index in [2.05, 4.69) is 5.32 Å². The van der Waals surface area contributed by atoms with Gasteiger partial charge in [-0.25, -0.2) is 8.42 Å². The Bertz CT molecular complexity index is 1260. The Morgan fingerprint density at radius 1 is 0.818 bits per heavy atom. The Morgan fingerprint density at radius 2 is 1.42 bits per heavy atom. The molecule has 3 rings (SSSR count). The summed E-state index contributed by atoms with van der Waals surface area (Å²) in [5, 5.41) is 2.89. The SMILES string of the molecule is Cc1ccc(CN(CC(=O)Nc2cccc(C)c2C)S(=O)(=O)c2c(C)cc(C)cc2C)cc1. The van der Waals surface area contributed by atoms with E-state index in [9.17, 15) is 13.2 Å². The average molecular weight is 465 g/mol. The van der Waals surface area contributed by atoms with Crippen LogP contribution in [-0.2, 0) is 21.4 Å². The Labute approximate surface area is 197 Å². The van der Waals surface area contributed by atoms with Crippen LogP contribution in [0.5, 0.6) is 0 Å². The van der Waals surface area contributed by atoms with Gasteiger partial charge in [0.05, 0.1) is 11.4 Å². The number of nitrogens with one attached hydrogen (secondary N) is 1. The third-order valence-corrected chi connectivity index (χ3v) is 7.98. The second-order valence-electron chi connectivity index (χ2n) is 8.78. The maximum atomic E-state index is 13.8. The van der Waals surface area contributed by atoms with E-state index in [4.69, 9.17) is 0 Å². The summed E-state index contributed by atoms with van der Waals surface area (Å²) >= 11 is 0. The van der Waals surface area contributed by atoms with Crippen molar-refractivity contribution in [3.8, 4) is 0 Å². The molecule has 0 aliphatic carbocycles. The minimum absolute atomic E-state index is 0.107. The highest BCUT2D eigenvalue weighted by Crippen LogP contribution is 2.27. The maximum absolute atomic E-state index is 13.8. The van der Waals surface area contributed by atoms with Crippen LogP contribution in [0, 0.1) is 41.5 Å². The van der Waals surface area contributed by atoms with Crippen LogP contribution in [0.15, 0.2) is 59.5 Å². The predicted molar refractivity (Wildman–Crippen MR) is 134 cm³/mol. The third-order valence-electron chi connectivity index (χ3n) is 5.88. The fraction of sp³-hybridized carbons (Fsp3) is 0.296. The van der Waals surface area contributed by atoms with E-state index in [-0.39, 0.29) is 23.9 Å². The van der Waals surface area contributed by atoms with E-state index in [1.165, 1.54) is 4.31 Å². The van der Waals surface area contributed by atoms with Crippen molar-refractivity contribution < 1.29 is 13.2 Å². The minimum Gasteiger partial charge on any atom is -0.325 e. The van der Waals surface area contributed by atoms with Crippen LogP contribution < -0.4 is 5.32 Å². The fourth-order valence-electron chi connectivity index (χ4n) is 4.06. The van der Waals surface area contributed by atoms with Crippen molar-refractivity contribution >= 4 is 21.6 Å². The molecule has 3 aromatic carbocycles. The molecule has 0 heterocycles. The van der Waals surface area contributed by atoms with Crippen molar-refractivity contribution in [1.29, 1.82) is 0 Å². The molecule has 1 amide bonds. The van der Waals surface area contributed by atoms with E-state index < -0.39 is 10.0 Å². The van der Waals surface area contributed by atoms with Gasteiger partial charge in [-0.2, -0.15) is 4.31 Å². The molecule has 0 unspecified atom stereocenters. The van der Waals surface area contributed by atoms with E-state index >= 15 is 0 Å². The number of rotatable bonds is 7. The fourth-order valence-corrected chi connectivity index (χ4v) is 5.86. The molecular weight excluding hydrogens is 432 g/mol. The minimum atomic E-state index is -3.92. The second kappa shape index (κ2) is 9.89. The molecule has 0 atom stereocenters. The van der Waals surface area contributed by atoms with Crippen molar-refractivity contribution in [1.82, 2.24) is 4.31 Å². The van der Waals surface area contributed by atoms with Crippen molar-refractivity contribution in [2.45, 2.75) is 53.0 Å². The zero-order chi connectivity index (χ0) is 24.3. The summed E-state index contributed by atoms with van der Waals surface area (Å²) in [7, 11) is -3.92. The quantitative estimate of drug-likeness (QED) is 0.511. The molecule has 0 saturated carbocycles. The van der Waals surface area contributed by atoms with Crippen LogP contribution in [0.1, 0.15) is 38.9 Å². The molecule has 0 aromatic heterocycles. The van der Waals surface area contributed by atoms with Crippen LogP contribution in [-0.4, -0.2) is 25.2 Å². The standard InChI is InChI=1S/C27H32N2O3S/c1-18-10-12-24(13-11-18)16-29(17-26(30)28-25-9-7-8-20(3)23(25)6)33(31,32)27-21(4)14-19(2)15-22(27)5/h7-15H,16-17H2,1-6H3,(H,28,30). The van der Waals surface area contributed by atoms with Crippen LogP contribution >= 0.6 is 0 Å². The van der Waals surface area contributed by atoms with Gasteiger partial charge < -0.3 is 5.32 Å². The summed E-state index contributed by atoms with van der Waals surface area (Å²) in [4.78, 5) is 13.3. The Morgan fingerprint density at radius 3 is 2.03 bits per heavy atom. The van der Waals surface area contributed by atoms with Crippen molar-refractivity contribution in [3.63, 3.8) is 0 Å². The van der Waals surface area contributed by atoms with Gasteiger partial charge in [-0.3, -0.25) is 4.79 Å². The van der Waals surface area contributed by atoms with Gasteiger partial charge in [0.1, 0.15) is 0 Å². The molecule has 1 N–H and O–H groups in total. The normalized spacial score (nSPS) is 11.6. The summed E-state index contributed by atoms with van der Waals surface area (Å²) < 4.78 is 28.9. The summed E-state index contributed by atoms with van der Waals surface area (Å²) in [6.45, 7) is 11.3. The second-order valence-corrected chi connectivity index (χ2v) is 10.7. The summed E-state index contributed by atoms with van der Waals surface area (Å²) in [5.41, 5.74) is 6.98. The molecule has 0 aliphatic heterocycles. The van der Waals surface area contributed by atoms with Gasteiger partial charge in [-0.15, -0.1) is 0 Å². The predicted octanol–water partition coefficient (Wildman–Crippen LogP) is 5.37. The zero-order valence-electron chi connectivity index (χ0n) is 20.2. The lowest BCUT2D eigenvalue weighted by molar-refractivity contribution is -0.116. The number of carbonyl (C=O) groups is 1. The molecule has 6 heteroatoms. The lowest BCUT2D eigenvalue weighted by Gasteiger charge is -2.24. The first kappa shape index (κ1) is 24.7. The molecule has 33 heavy (non-hydrogen) atoms. The van der Waals surface area contributed by atoms with Crippen LogP contribution in [0.25, 0.3) is 0 Å². The first-order valence-corrected chi connectivity index (χ1v) is 12.4. The molecule has 174 valence electrons. The van der Waals surface area contributed by atoms with Gasteiger partial charge in [-0.1, -0.05) is 59.7 Å². The van der Waals surface area contributed by atoms with Crippen molar-refractivity contribution in [2.75, 3.05) is 11.9 Å². The van der Waals surface area contributed by atoms with Crippen molar-refractivity contribution in [3.05, 3.63) is 93.5 Å². The average Bonchev–Trinajstić information content (AvgIpc) is 2.71. The number of aryl methyl sites for hydroxylation is 5. The molecule has 3 aromatic rings. The number of carbonyl (C=O) groups excluding carboxylic acids is 1. The van der Waals surface area contributed by atoms with Crippen molar-refractivity contribution in [2.24, 2.45) is 0 Å². The topological polar surface area (TPSA) is 66.5 Å². The monoisotopic (exact) mass is 464 g/mol. The molecule has 0 radical (unpaired) electrons. The molecule has 0 fully saturated rings. The van der Waals surface area contributed by atoms with E-state index in [0.29, 0.717) is 16.8 Å². The van der Waals surface area contributed by atoms with E-state index in [1.54, 1.807) is 13.8 Å². The van der Waals surface area contributed by atoms with Gasteiger partial charge in [0, 0.05) is 12.2 Å². The first-order valence-electron chi connectivity index (χ1n) is 11.0. The number of benzene rings is 3. The third kappa shape index (κ3) is 5.70. The highest BCUT2D eigenvalue weighted by Gasteiger charge is 2.30. The number of nitrogens with zero attached hydrogens (tertiary/aromatic N) is 1. The largest absolute Gasteiger partial charge is 0.325 e. The molecule has 0 bridgehead atoms. The lowest BCUT2D eigenvalue weighted by Crippen LogP contribution is -2.38. The van der Waals surface area contributed by atoms with Gasteiger partial charge >= 0.3 is 0 Å². The maximum Gasteiger partial charge on any atom is 0.244 e. The molecule has 0 saturated heterocycles. The summed E-state index contributed by atoms with van der Waals surface area (Å²) in [5.74, 6) is -0.373. The van der Waals surface area contributed by atoms with E-state index in [0.717, 1.165) is 27.8 Å². The smallest absolute Gasteiger partial charge is 0.244 e. The van der Waals surface area contributed by atoms with Crippen LogP contribution in [0.2, 0.25) is 0 Å². The molecule has 0 spiro atoms. The van der Waals surface area contributed by atoms with Crippen LogP contribution in [0.4, 0.5) is 5.69 Å². The number of amides is 1. The Balaban J connectivity index is 1.98. The van der Waals surface area contributed by atoms with Gasteiger partial charge in [0.25, 0.3) is 0 Å². The zero-order valence-corrected chi connectivity index (χ0v) is 21.0. The van der Waals surface area contributed by atoms with E-state index in [1.807, 2.05) is 82.3 Å². The molecule has 5 nitrogen and oxygen atoms in total. The van der Waals surface area contributed by atoms with Gasteiger partial charge in [0.15, 0.2) is 0 Å². The Kier molecular flexibility index (Phi) is 7.40. The first-order chi connectivity index (χ1) is 15.5. The molecular formula is C27H32N2O3S. The number of hydrogen-bond acceptors (Lipinski definition) is 3. The Hall–Kier alpha value is -2.96. The van der Waals surface area contributed by atoms with Gasteiger partial charge in [-0.05, 0) is 75.4 Å². The summed E-state index contributed by atoms with van der Waals surface area (Å²) in [6.07, 6.45) is 0. The number of anilines is 1. The highest BCUT2D eigenvalue weighted by molar-refractivity contribution is 7.89. The highest BCUT2D eigenvalue weighted by atomic mass is 32.2. The molecule has 0 aliphatic rings. The lowest BCUT2D eigenvalue weighted by atomic mass is 10.1. The van der Waals surface area contributed by atoms with Crippen LogP contribution in [0.3, 0.4) is 0 Å².